The van der Waals surface area contributed by atoms with Gasteiger partial charge >= 0.3 is 0 Å². The van der Waals surface area contributed by atoms with E-state index in [2.05, 4.69) is 15.0 Å². The first-order valence-electron chi connectivity index (χ1n) is 7.53. The van der Waals surface area contributed by atoms with Crippen molar-refractivity contribution >= 4 is 34.4 Å². The second-order valence-corrected chi connectivity index (χ2v) is 6.96. The molecule has 0 aliphatic carbocycles. The molecule has 3 rings (SSSR count). The summed E-state index contributed by atoms with van der Waals surface area (Å²) in [5.74, 6) is 1.29. The van der Waals surface area contributed by atoms with Crippen molar-refractivity contribution in [2.24, 2.45) is 0 Å². The number of benzene rings is 1. The molecule has 3 aromatic rings. The summed E-state index contributed by atoms with van der Waals surface area (Å²) in [7, 11) is 1.68. The Kier molecular flexibility index (Phi) is 4.51. The number of methoxy groups -OCH3 is 1. The number of halogens is 2. The Balaban J connectivity index is 2.32. The van der Waals surface area contributed by atoms with Gasteiger partial charge in [0.1, 0.15) is 17.2 Å². The fourth-order valence-corrected chi connectivity index (χ4v) is 2.98. The van der Waals surface area contributed by atoms with Gasteiger partial charge in [0.2, 0.25) is 0 Å². The summed E-state index contributed by atoms with van der Waals surface area (Å²) in [6.07, 6.45) is 0. The van der Waals surface area contributed by atoms with Crippen molar-refractivity contribution in [1.29, 1.82) is 0 Å². The van der Waals surface area contributed by atoms with Gasteiger partial charge in [-0.25, -0.2) is 15.0 Å². The van der Waals surface area contributed by atoms with Crippen LogP contribution in [0.5, 0.6) is 0 Å². The molecule has 1 aromatic carbocycles. The lowest BCUT2D eigenvalue weighted by Gasteiger charge is -2.24. The molecule has 0 spiro atoms. The van der Waals surface area contributed by atoms with E-state index in [1.54, 1.807) is 14.0 Å². The Morgan fingerprint density at radius 2 is 1.83 bits per heavy atom. The van der Waals surface area contributed by atoms with Gasteiger partial charge in [-0.15, -0.1) is 0 Å². The quantitative estimate of drug-likeness (QED) is 0.638. The first-order valence-corrected chi connectivity index (χ1v) is 8.28. The number of fused-ring (bicyclic) bond motifs is 1. The van der Waals surface area contributed by atoms with Crippen molar-refractivity contribution in [2.75, 3.05) is 7.11 Å². The summed E-state index contributed by atoms with van der Waals surface area (Å²) in [6, 6.07) is 7.56. The van der Waals surface area contributed by atoms with Gasteiger partial charge in [-0.1, -0.05) is 35.3 Å². The molecule has 0 N–H and O–H groups in total. The second kappa shape index (κ2) is 6.31. The number of nitrogens with zero attached hydrogens (tertiary/aromatic N) is 4. The highest BCUT2D eigenvalue weighted by Crippen LogP contribution is 2.32. The van der Waals surface area contributed by atoms with Crippen LogP contribution in [-0.2, 0) is 11.3 Å². The Morgan fingerprint density at radius 3 is 2.50 bits per heavy atom. The molecule has 0 unspecified atom stereocenters. The number of ether oxygens (including phenoxy) is 1. The monoisotopic (exact) mass is 364 g/mol. The minimum Gasteiger partial charge on any atom is -0.377 e. The van der Waals surface area contributed by atoms with Crippen LogP contribution in [0.3, 0.4) is 0 Å². The molecule has 0 saturated heterocycles. The molecule has 0 aliphatic rings. The minimum atomic E-state index is -0.408. The van der Waals surface area contributed by atoms with Gasteiger partial charge in [0.25, 0.3) is 0 Å². The standard InChI is InChI=1S/C17H18Cl2N4O/c1-10-20-14(19)13-16(21-10)23(9-17(2,3)24-4)15(22-13)11-7-5-6-8-12(11)18/h5-8H,9H2,1-4H3. The lowest BCUT2D eigenvalue weighted by Crippen LogP contribution is -2.29. The molecule has 0 bridgehead atoms. The van der Waals surface area contributed by atoms with E-state index in [0.29, 0.717) is 39.5 Å². The van der Waals surface area contributed by atoms with Crippen LogP contribution in [0.4, 0.5) is 0 Å². The summed E-state index contributed by atoms with van der Waals surface area (Å²) in [5, 5.41) is 0.949. The molecule has 0 atom stereocenters. The summed E-state index contributed by atoms with van der Waals surface area (Å²) in [6.45, 7) is 6.36. The number of hydrogen-bond acceptors (Lipinski definition) is 4. The van der Waals surface area contributed by atoms with E-state index in [-0.39, 0.29) is 0 Å². The van der Waals surface area contributed by atoms with Crippen molar-refractivity contribution in [1.82, 2.24) is 19.5 Å². The zero-order chi connectivity index (χ0) is 17.5. The normalized spacial score (nSPS) is 12.1. The largest absolute Gasteiger partial charge is 0.377 e. The molecule has 0 amide bonds. The van der Waals surface area contributed by atoms with E-state index in [4.69, 9.17) is 27.9 Å². The van der Waals surface area contributed by atoms with Crippen LogP contribution in [0.25, 0.3) is 22.6 Å². The van der Waals surface area contributed by atoms with Gasteiger partial charge in [0.15, 0.2) is 10.8 Å². The topological polar surface area (TPSA) is 52.8 Å². The highest BCUT2D eigenvalue weighted by Gasteiger charge is 2.25. The smallest absolute Gasteiger partial charge is 0.165 e. The van der Waals surface area contributed by atoms with Crippen molar-refractivity contribution in [3.63, 3.8) is 0 Å². The van der Waals surface area contributed by atoms with Crippen LogP contribution in [-0.4, -0.2) is 32.2 Å². The Morgan fingerprint density at radius 1 is 1.12 bits per heavy atom. The van der Waals surface area contributed by atoms with Gasteiger partial charge < -0.3 is 9.30 Å². The SMILES string of the molecule is COC(C)(C)Cn1c(-c2ccccc2Cl)nc2c(Cl)nc(C)nc21. The average Bonchev–Trinajstić information content (AvgIpc) is 2.86. The summed E-state index contributed by atoms with van der Waals surface area (Å²) in [5.41, 5.74) is 1.64. The third-order valence-corrected chi connectivity index (χ3v) is 4.46. The third kappa shape index (κ3) is 3.11. The number of aryl methyl sites for hydroxylation is 1. The average molecular weight is 365 g/mol. The van der Waals surface area contributed by atoms with E-state index >= 15 is 0 Å². The fourth-order valence-electron chi connectivity index (χ4n) is 2.51. The van der Waals surface area contributed by atoms with Gasteiger partial charge in [-0.05, 0) is 32.9 Å². The number of aromatic nitrogens is 4. The van der Waals surface area contributed by atoms with E-state index in [1.165, 1.54) is 0 Å². The van der Waals surface area contributed by atoms with Crippen molar-refractivity contribution in [2.45, 2.75) is 32.9 Å². The fraction of sp³-hybridized carbons (Fsp3) is 0.353. The molecule has 24 heavy (non-hydrogen) atoms. The molecular formula is C17H18Cl2N4O. The zero-order valence-corrected chi connectivity index (χ0v) is 15.5. The first kappa shape index (κ1) is 17.1. The first-order chi connectivity index (χ1) is 11.3. The molecule has 0 saturated carbocycles. The zero-order valence-electron chi connectivity index (χ0n) is 14.0. The molecule has 7 heteroatoms. The van der Waals surface area contributed by atoms with E-state index in [1.807, 2.05) is 42.7 Å². The van der Waals surface area contributed by atoms with Crippen LogP contribution in [0.2, 0.25) is 10.2 Å². The molecule has 2 heterocycles. The molecule has 2 aromatic heterocycles. The third-order valence-electron chi connectivity index (χ3n) is 3.87. The predicted octanol–water partition coefficient (Wildman–Crippen LogP) is 4.53. The molecule has 0 aliphatic heterocycles. The molecular weight excluding hydrogens is 347 g/mol. The lowest BCUT2D eigenvalue weighted by atomic mass is 10.1. The molecule has 0 radical (unpaired) electrons. The Hall–Kier alpha value is -1.69. The summed E-state index contributed by atoms with van der Waals surface area (Å²) < 4.78 is 7.57. The molecule has 126 valence electrons. The van der Waals surface area contributed by atoms with Crippen LogP contribution in [0.15, 0.2) is 24.3 Å². The maximum Gasteiger partial charge on any atom is 0.165 e. The summed E-state index contributed by atoms with van der Waals surface area (Å²) in [4.78, 5) is 13.4. The van der Waals surface area contributed by atoms with Crippen LogP contribution in [0, 0.1) is 6.92 Å². The van der Waals surface area contributed by atoms with Crippen LogP contribution in [0.1, 0.15) is 19.7 Å². The maximum atomic E-state index is 6.38. The highest BCUT2D eigenvalue weighted by atomic mass is 35.5. The number of rotatable bonds is 4. The van der Waals surface area contributed by atoms with E-state index in [9.17, 15) is 0 Å². The van der Waals surface area contributed by atoms with Crippen LogP contribution >= 0.6 is 23.2 Å². The summed E-state index contributed by atoms with van der Waals surface area (Å²) >= 11 is 12.7. The van der Waals surface area contributed by atoms with Gasteiger partial charge in [-0.2, -0.15) is 0 Å². The van der Waals surface area contributed by atoms with Crippen molar-refractivity contribution < 1.29 is 4.74 Å². The minimum absolute atomic E-state index is 0.333. The Labute approximate surface area is 150 Å². The maximum absolute atomic E-state index is 6.38. The molecule has 0 fully saturated rings. The number of imidazole rings is 1. The van der Waals surface area contributed by atoms with Crippen molar-refractivity contribution in [3.8, 4) is 11.4 Å². The van der Waals surface area contributed by atoms with E-state index < -0.39 is 5.60 Å². The lowest BCUT2D eigenvalue weighted by molar-refractivity contribution is 0.00924. The van der Waals surface area contributed by atoms with Gasteiger partial charge in [0.05, 0.1) is 17.2 Å². The van der Waals surface area contributed by atoms with Gasteiger partial charge in [0, 0.05) is 12.7 Å². The Bertz CT molecular complexity index is 905. The highest BCUT2D eigenvalue weighted by molar-refractivity contribution is 6.34. The predicted molar refractivity (Wildman–Crippen MR) is 96.6 cm³/mol. The van der Waals surface area contributed by atoms with Crippen LogP contribution < -0.4 is 0 Å². The molecule has 5 nitrogen and oxygen atoms in total. The van der Waals surface area contributed by atoms with Crippen molar-refractivity contribution in [3.05, 3.63) is 40.3 Å². The number of hydrogen-bond donors (Lipinski definition) is 0. The van der Waals surface area contributed by atoms with Gasteiger partial charge in [-0.3, -0.25) is 0 Å². The van der Waals surface area contributed by atoms with E-state index in [0.717, 1.165) is 5.56 Å². The second-order valence-electron chi connectivity index (χ2n) is 6.20.